The molecule has 0 spiro atoms. The first-order chi connectivity index (χ1) is 14.5. The van der Waals surface area contributed by atoms with E-state index in [-0.39, 0.29) is 29.4 Å². The Morgan fingerprint density at radius 1 is 1.07 bits per heavy atom. The lowest BCUT2D eigenvalue weighted by molar-refractivity contribution is -0.137. The number of furan rings is 1. The van der Waals surface area contributed by atoms with E-state index in [1.165, 1.54) is 12.1 Å². The van der Waals surface area contributed by atoms with Crippen molar-refractivity contribution in [3.63, 3.8) is 0 Å². The average molecular weight is 405 g/mol. The standard InChI is InChI=1S/C23H19NO6/c1-3-27-20-12-15(11-17(14-24)22(25)28-4-2)9-10-19(20)30-23(26)21-13-16-7-5-6-8-18(16)29-21/h5-13H,3-4H2,1-2H3/b17-11+. The SMILES string of the molecule is CCOC(=O)/C(C#N)=C/c1ccc(OC(=O)c2cc3ccccc3o2)c(OCC)c1. The molecule has 7 heteroatoms. The molecule has 7 nitrogen and oxygen atoms in total. The molecular weight excluding hydrogens is 386 g/mol. The number of nitrogens with zero attached hydrogens (tertiary/aromatic N) is 1. The molecule has 3 aromatic rings. The fourth-order valence-electron chi connectivity index (χ4n) is 2.71. The lowest BCUT2D eigenvalue weighted by Crippen LogP contribution is -2.09. The Labute approximate surface area is 173 Å². The van der Waals surface area contributed by atoms with Crippen molar-refractivity contribution < 1.29 is 28.2 Å². The third kappa shape index (κ3) is 4.67. The van der Waals surface area contributed by atoms with Crippen LogP contribution in [-0.2, 0) is 9.53 Å². The monoisotopic (exact) mass is 405 g/mol. The van der Waals surface area contributed by atoms with Crippen molar-refractivity contribution in [2.24, 2.45) is 0 Å². The van der Waals surface area contributed by atoms with Gasteiger partial charge in [-0.25, -0.2) is 9.59 Å². The molecule has 0 aliphatic rings. The zero-order valence-corrected chi connectivity index (χ0v) is 16.5. The number of hydrogen-bond donors (Lipinski definition) is 0. The summed E-state index contributed by atoms with van der Waals surface area (Å²) >= 11 is 0. The first-order valence-electron chi connectivity index (χ1n) is 9.32. The highest BCUT2D eigenvalue weighted by atomic mass is 16.6. The van der Waals surface area contributed by atoms with Crippen LogP contribution in [0.3, 0.4) is 0 Å². The van der Waals surface area contributed by atoms with E-state index in [4.69, 9.17) is 18.6 Å². The molecule has 0 aliphatic carbocycles. The summed E-state index contributed by atoms with van der Waals surface area (Å²) in [5, 5.41) is 9.98. The average Bonchev–Trinajstić information content (AvgIpc) is 3.18. The van der Waals surface area contributed by atoms with Gasteiger partial charge in [-0.05, 0) is 49.8 Å². The van der Waals surface area contributed by atoms with E-state index in [1.807, 2.05) is 24.3 Å². The van der Waals surface area contributed by atoms with E-state index in [1.54, 1.807) is 38.1 Å². The summed E-state index contributed by atoms with van der Waals surface area (Å²) in [4.78, 5) is 24.3. The second-order valence-corrected chi connectivity index (χ2v) is 6.07. The molecule has 0 radical (unpaired) electrons. The Morgan fingerprint density at radius 3 is 2.57 bits per heavy atom. The molecule has 1 aromatic heterocycles. The lowest BCUT2D eigenvalue weighted by atomic mass is 10.1. The van der Waals surface area contributed by atoms with Crippen molar-refractivity contribution in [1.82, 2.24) is 0 Å². The number of hydrogen-bond acceptors (Lipinski definition) is 7. The van der Waals surface area contributed by atoms with Gasteiger partial charge in [-0.3, -0.25) is 0 Å². The minimum absolute atomic E-state index is 0.0664. The second-order valence-electron chi connectivity index (χ2n) is 6.07. The van der Waals surface area contributed by atoms with Crippen molar-refractivity contribution in [2.45, 2.75) is 13.8 Å². The Morgan fingerprint density at radius 2 is 1.87 bits per heavy atom. The molecule has 0 unspecified atom stereocenters. The van der Waals surface area contributed by atoms with E-state index in [2.05, 4.69) is 0 Å². The van der Waals surface area contributed by atoms with Crippen LogP contribution in [0.2, 0.25) is 0 Å². The molecule has 0 saturated heterocycles. The predicted molar refractivity (Wildman–Crippen MR) is 109 cm³/mol. The molecule has 0 amide bonds. The van der Waals surface area contributed by atoms with Crippen LogP contribution in [0.1, 0.15) is 30.0 Å². The minimum atomic E-state index is -0.710. The van der Waals surface area contributed by atoms with Crippen molar-refractivity contribution in [1.29, 1.82) is 5.26 Å². The number of carbonyl (C=O) groups is 2. The summed E-state index contributed by atoms with van der Waals surface area (Å²) in [5.41, 5.74) is 0.955. The number of esters is 2. The second kappa shape index (κ2) is 9.43. The largest absolute Gasteiger partial charge is 0.490 e. The molecular formula is C23H19NO6. The summed E-state index contributed by atoms with van der Waals surface area (Å²) < 4.78 is 21.4. The maximum atomic E-state index is 12.5. The normalized spacial score (nSPS) is 11.0. The van der Waals surface area contributed by atoms with Crippen molar-refractivity contribution in [3.05, 3.63) is 65.4 Å². The van der Waals surface area contributed by atoms with Gasteiger partial charge in [0.15, 0.2) is 11.5 Å². The fraction of sp³-hybridized carbons (Fsp3) is 0.174. The van der Waals surface area contributed by atoms with E-state index < -0.39 is 11.9 Å². The molecule has 0 fully saturated rings. The number of rotatable bonds is 7. The Hall–Kier alpha value is -4.05. The maximum Gasteiger partial charge on any atom is 0.379 e. The first kappa shape index (κ1) is 20.7. The zero-order valence-electron chi connectivity index (χ0n) is 16.5. The Bertz CT molecular complexity index is 1120. The molecule has 0 atom stereocenters. The summed E-state index contributed by atoms with van der Waals surface area (Å²) in [6.45, 7) is 3.93. The third-order valence-electron chi connectivity index (χ3n) is 4.02. The summed E-state index contributed by atoms with van der Waals surface area (Å²) in [7, 11) is 0. The van der Waals surface area contributed by atoms with Gasteiger partial charge in [0, 0.05) is 5.39 Å². The maximum absolute atomic E-state index is 12.5. The molecule has 0 saturated carbocycles. The van der Waals surface area contributed by atoms with Crippen LogP contribution < -0.4 is 9.47 Å². The molecule has 0 aliphatic heterocycles. The van der Waals surface area contributed by atoms with Crippen LogP contribution in [-0.4, -0.2) is 25.2 Å². The molecule has 0 N–H and O–H groups in total. The van der Waals surface area contributed by atoms with E-state index in [9.17, 15) is 14.9 Å². The minimum Gasteiger partial charge on any atom is -0.490 e. The van der Waals surface area contributed by atoms with Crippen molar-refractivity contribution in [3.8, 4) is 17.6 Å². The first-order valence-corrected chi connectivity index (χ1v) is 9.32. The zero-order chi connectivity index (χ0) is 21.5. The van der Waals surface area contributed by atoms with Crippen LogP contribution in [0.5, 0.6) is 11.5 Å². The number of para-hydroxylation sites is 1. The van der Waals surface area contributed by atoms with Gasteiger partial charge in [0.1, 0.15) is 17.2 Å². The molecule has 2 aromatic carbocycles. The Balaban J connectivity index is 1.87. The van der Waals surface area contributed by atoms with Crippen LogP contribution in [0.4, 0.5) is 0 Å². The predicted octanol–water partition coefficient (Wildman–Crippen LogP) is 4.52. The third-order valence-corrected chi connectivity index (χ3v) is 4.02. The fourth-order valence-corrected chi connectivity index (χ4v) is 2.71. The van der Waals surface area contributed by atoms with Gasteiger partial charge in [-0.15, -0.1) is 0 Å². The van der Waals surface area contributed by atoms with Gasteiger partial charge in [-0.2, -0.15) is 5.26 Å². The van der Waals surface area contributed by atoms with Crippen LogP contribution in [0, 0.1) is 11.3 Å². The number of benzene rings is 2. The van der Waals surface area contributed by atoms with Gasteiger partial charge in [0.25, 0.3) is 0 Å². The lowest BCUT2D eigenvalue weighted by Gasteiger charge is -2.11. The highest BCUT2D eigenvalue weighted by molar-refractivity contribution is 5.98. The van der Waals surface area contributed by atoms with Gasteiger partial charge in [0.05, 0.1) is 13.2 Å². The highest BCUT2D eigenvalue weighted by Gasteiger charge is 2.18. The van der Waals surface area contributed by atoms with Crippen molar-refractivity contribution >= 4 is 29.0 Å². The molecule has 152 valence electrons. The molecule has 0 bridgehead atoms. The molecule has 30 heavy (non-hydrogen) atoms. The summed E-state index contributed by atoms with van der Waals surface area (Å²) in [6, 6.07) is 15.4. The van der Waals surface area contributed by atoms with Crippen LogP contribution >= 0.6 is 0 Å². The van der Waals surface area contributed by atoms with Crippen molar-refractivity contribution in [2.75, 3.05) is 13.2 Å². The van der Waals surface area contributed by atoms with E-state index in [0.717, 1.165) is 5.39 Å². The summed E-state index contributed by atoms with van der Waals surface area (Å²) in [6.07, 6.45) is 1.38. The number of ether oxygens (including phenoxy) is 3. The number of fused-ring (bicyclic) bond motifs is 1. The quantitative estimate of drug-likeness (QED) is 0.247. The van der Waals surface area contributed by atoms with E-state index in [0.29, 0.717) is 17.8 Å². The molecule has 3 rings (SSSR count). The van der Waals surface area contributed by atoms with Gasteiger partial charge < -0.3 is 18.6 Å². The number of carbonyl (C=O) groups excluding carboxylic acids is 2. The Kier molecular flexibility index (Phi) is 6.50. The van der Waals surface area contributed by atoms with Crippen LogP contribution in [0.15, 0.2) is 58.5 Å². The van der Waals surface area contributed by atoms with Crippen LogP contribution in [0.25, 0.3) is 17.0 Å². The van der Waals surface area contributed by atoms with E-state index >= 15 is 0 Å². The number of nitriles is 1. The van der Waals surface area contributed by atoms with Gasteiger partial charge in [-0.1, -0.05) is 24.3 Å². The smallest absolute Gasteiger partial charge is 0.379 e. The highest BCUT2D eigenvalue weighted by Crippen LogP contribution is 2.31. The van der Waals surface area contributed by atoms with Gasteiger partial charge >= 0.3 is 11.9 Å². The molecule has 1 heterocycles. The topological polar surface area (TPSA) is 98.8 Å². The summed E-state index contributed by atoms with van der Waals surface area (Å²) in [5.74, 6) is -0.833. The van der Waals surface area contributed by atoms with Gasteiger partial charge in [0.2, 0.25) is 5.76 Å².